The van der Waals surface area contributed by atoms with Crippen LogP contribution in [0.1, 0.15) is 0 Å². The Labute approximate surface area is 104 Å². The van der Waals surface area contributed by atoms with Gasteiger partial charge in [0.05, 0.1) is 7.11 Å². The molecule has 84 valence electrons. The van der Waals surface area contributed by atoms with Crippen LogP contribution in [0.25, 0.3) is 21.2 Å². The molecule has 0 bridgehead atoms. The van der Waals surface area contributed by atoms with Crippen LogP contribution >= 0.6 is 11.3 Å². The Morgan fingerprint density at radius 2 is 1.71 bits per heavy atom. The summed E-state index contributed by atoms with van der Waals surface area (Å²) in [6, 6.07) is 16.8. The molecule has 2 heteroatoms. The minimum atomic E-state index is 0.936. The Morgan fingerprint density at radius 3 is 2.35 bits per heavy atom. The molecule has 0 atom stereocenters. The standard InChI is InChI=1S/C15H12OS/c1-16-14-10-12-6-3-2-5-11(12)9-13(14)15-7-4-8-17-15/h2-10H,1H3. The number of hydrogen-bond acceptors (Lipinski definition) is 2. The summed E-state index contributed by atoms with van der Waals surface area (Å²) >= 11 is 1.73. The van der Waals surface area contributed by atoms with E-state index in [0.29, 0.717) is 0 Å². The molecular formula is C15H12OS. The maximum Gasteiger partial charge on any atom is 0.128 e. The summed E-state index contributed by atoms with van der Waals surface area (Å²) < 4.78 is 5.48. The predicted octanol–water partition coefficient (Wildman–Crippen LogP) is 4.58. The van der Waals surface area contributed by atoms with E-state index in [9.17, 15) is 0 Å². The van der Waals surface area contributed by atoms with Gasteiger partial charge < -0.3 is 4.74 Å². The van der Waals surface area contributed by atoms with Crippen molar-refractivity contribution in [3.63, 3.8) is 0 Å². The fourth-order valence-electron chi connectivity index (χ4n) is 2.01. The van der Waals surface area contributed by atoms with E-state index in [2.05, 4.69) is 47.8 Å². The molecule has 1 nitrogen and oxygen atoms in total. The number of benzene rings is 2. The van der Waals surface area contributed by atoms with Crippen LogP contribution in [0.2, 0.25) is 0 Å². The normalized spacial score (nSPS) is 10.6. The number of hydrogen-bond donors (Lipinski definition) is 0. The molecule has 0 N–H and O–H groups in total. The SMILES string of the molecule is COc1cc2ccccc2cc1-c1cccs1. The lowest BCUT2D eigenvalue weighted by atomic mass is 10.0. The summed E-state index contributed by atoms with van der Waals surface area (Å²) in [6.07, 6.45) is 0. The highest BCUT2D eigenvalue weighted by atomic mass is 32.1. The van der Waals surface area contributed by atoms with Gasteiger partial charge in [-0.15, -0.1) is 11.3 Å². The highest BCUT2D eigenvalue weighted by Crippen LogP contribution is 2.36. The van der Waals surface area contributed by atoms with Crippen molar-refractivity contribution in [3.05, 3.63) is 53.9 Å². The maximum absolute atomic E-state index is 5.48. The molecular weight excluding hydrogens is 228 g/mol. The van der Waals surface area contributed by atoms with Crippen molar-refractivity contribution in [2.24, 2.45) is 0 Å². The van der Waals surface area contributed by atoms with Crippen molar-refractivity contribution in [3.8, 4) is 16.2 Å². The summed E-state index contributed by atoms with van der Waals surface area (Å²) in [5, 5.41) is 4.55. The molecule has 0 aliphatic rings. The summed E-state index contributed by atoms with van der Waals surface area (Å²) in [4.78, 5) is 1.24. The average Bonchev–Trinajstić information content (AvgIpc) is 2.91. The molecule has 17 heavy (non-hydrogen) atoms. The van der Waals surface area contributed by atoms with E-state index in [-0.39, 0.29) is 0 Å². The summed E-state index contributed by atoms with van der Waals surface area (Å²) in [5.74, 6) is 0.936. The monoisotopic (exact) mass is 240 g/mol. The number of methoxy groups -OCH3 is 1. The average molecular weight is 240 g/mol. The van der Waals surface area contributed by atoms with E-state index in [4.69, 9.17) is 4.74 Å². The Balaban J connectivity index is 2.29. The second-order valence-corrected chi connectivity index (χ2v) is 4.82. The summed E-state index contributed by atoms with van der Waals surface area (Å²) in [7, 11) is 1.72. The third-order valence-corrected chi connectivity index (χ3v) is 3.76. The first-order valence-corrected chi connectivity index (χ1v) is 6.37. The third-order valence-electron chi connectivity index (χ3n) is 2.85. The van der Waals surface area contributed by atoms with Gasteiger partial charge in [0.1, 0.15) is 5.75 Å². The predicted molar refractivity (Wildman–Crippen MR) is 73.8 cm³/mol. The van der Waals surface area contributed by atoms with Crippen molar-refractivity contribution >= 4 is 22.1 Å². The second-order valence-electron chi connectivity index (χ2n) is 3.88. The van der Waals surface area contributed by atoms with E-state index in [1.165, 1.54) is 21.2 Å². The number of ether oxygens (including phenoxy) is 1. The van der Waals surface area contributed by atoms with Crippen LogP contribution in [0.15, 0.2) is 53.9 Å². The Hall–Kier alpha value is -1.80. The highest BCUT2D eigenvalue weighted by Gasteiger charge is 2.08. The van der Waals surface area contributed by atoms with Gasteiger partial charge in [-0.1, -0.05) is 30.3 Å². The maximum atomic E-state index is 5.48. The van der Waals surface area contributed by atoms with Gasteiger partial charge in [-0.05, 0) is 34.4 Å². The van der Waals surface area contributed by atoms with E-state index >= 15 is 0 Å². The van der Waals surface area contributed by atoms with Crippen LogP contribution in [-0.2, 0) is 0 Å². The third kappa shape index (κ3) is 1.81. The lowest BCUT2D eigenvalue weighted by Crippen LogP contribution is -1.87. The first kappa shape index (κ1) is 10.4. The van der Waals surface area contributed by atoms with Gasteiger partial charge in [0.15, 0.2) is 0 Å². The van der Waals surface area contributed by atoms with E-state index in [1.54, 1.807) is 18.4 Å². The zero-order chi connectivity index (χ0) is 11.7. The van der Waals surface area contributed by atoms with Crippen LogP contribution < -0.4 is 4.74 Å². The quantitative estimate of drug-likeness (QED) is 0.637. The van der Waals surface area contributed by atoms with Gasteiger partial charge in [0.25, 0.3) is 0 Å². The van der Waals surface area contributed by atoms with Crippen molar-refractivity contribution in [2.75, 3.05) is 7.11 Å². The van der Waals surface area contributed by atoms with Crippen LogP contribution in [0.3, 0.4) is 0 Å². The van der Waals surface area contributed by atoms with Crippen molar-refractivity contribution in [2.45, 2.75) is 0 Å². The van der Waals surface area contributed by atoms with Crippen molar-refractivity contribution in [1.82, 2.24) is 0 Å². The Bertz CT molecular complexity index is 641. The van der Waals surface area contributed by atoms with Gasteiger partial charge in [-0.2, -0.15) is 0 Å². The Morgan fingerprint density at radius 1 is 0.941 bits per heavy atom. The summed E-state index contributed by atoms with van der Waals surface area (Å²) in [6.45, 7) is 0. The molecule has 0 radical (unpaired) electrons. The minimum absolute atomic E-state index is 0.936. The van der Waals surface area contributed by atoms with Crippen LogP contribution in [0, 0.1) is 0 Å². The molecule has 0 saturated heterocycles. The van der Waals surface area contributed by atoms with E-state index < -0.39 is 0 Å². The van der Waals surface area contributed by atoms with Crippen molar-refractivity contribution in [1.29, 1.82) is 0 Å². The van der Waals surface area contributed by atoms with Gasteiger partial charge in [-0.3, -0.25) is 0 Å². The van der Waals surface area contributed by atoms with E-state index in [0.717, 1.165) is 5.75 Å². The number of fused-ring (bicyclic) bond motifs is 1. The fourth-order valence-corrected chi connectivity index (χ4v) is 2.76. The first-order valence-electron chi connectivity index (χ1n) is 5.49. The topological polar surface area (TPSA) is 9.23 Å². The molecule has 0 aliphatic carbocycles. The molecule has 3 rings (SSSR count). The molecule has 0 aliphatic heterocycles. The molecule has 0 spiro atoms. The van der Waals surface area contributed by atoms with Crippen LogP contribution in [-0.4, -0.2) is 7.11 Å². The van der Waals surface area contributed by atoms with Crippen LogP contribution in [0.4, 0.5) is 0 Å². The van der Waals surface area contributed by atoms with Gasteiger partial charge in [-0.25, -0.2) is 0 Å². The number of thiophene rings is 1. The lowest BCUT2D eigenvalue weighted by Gasteiger charge is -2.09. The molecule has 1 heterocycles. The first-order chi connectivity index (χ1) is 8.38. The molecule has 3 aromatic rings. The molecule has 2 aromatic carbocycles. The summed E-state index contributed by atoms with van der Waals surface area (Å²) in [5.41, 5.74) is 1.17. The molecule has 0 unspecified atom stereocenters. The van der Waals surface area contributed by atoms with E-state index in [1.807, 2.05) is 6.07 Å². The zero-order valence-electron chi connectivity index (χ0n) is 9.51. The van der Waals surface area contributed by atoms with Crippen molar-refractivity contribution < 1.29 is 4.74 Å². The molecule has 0 amide bonds. The molecule has 1 aromatic heterocycles. The highest BCUT2D eigenvalue weighted by molar-refractivity contribution is 7.13. The lowest BCUT2D eigenvalue weighted by molar-refractivity contribution is 0.417. The minimum Gasteiger partial charge on any atom is -0.496 e. The van der Waals surface area contributed by atoms with Gasteiger partial charge in [0, 0.05) is 10.4 Å². The van der Waals surface area contributed by atoms with Gasteiger partial charge >= 0.3 is 0 Å². The van der Waals surface area contributed by atoms with Crippen LogP contribution in [0.5, 0.6) is 5.75 Å². The largest absolute Gasteiger partial charge is 0.496 e. The number of rotatable bonds is 2. The van der Waals surface area contributed by atoms with Gasteiger partial charge in [0.2, 0.25) is 0 Å². The molecule has 0 fully saturated rings. The zero-order valence-corrected chi connectivity index (χ0v) is 10.3. The molecule has 0 saturated carbocycles. The smallest absolute Gasteiger partial charge is 0.128 e. The fraction of sp³-hybridized carbons (Fsp3) is 0.0667. The second kappa shape index (κ2) is 4.22. The Kier molecular flexibility index (Phi) is 2.57.